The first-order valence-electron chi connectivity index (χ1n) is 11.9. The summed E-state index contributed by atoms with van der Waals surface area (Å²) in [6, 6.07) is 31.3. The third kappa shape index (κ3) is 5.61. The Bertz CT molecular complexity index is 1010. The van der Waals surface area contributed by atoms with E-state index in [2.05, 4.69) is 77.7 Å². The summed E-state index contributed by atoms with van der Waals surface area (Å²) in [4.78, 5) is 25.2. The zero-order valence-electron chi connectivity index (χ0n) is 19.9. The van der Waals surface area contributed by atoms with Crippen LogP contribution >= 0.6 is 0 Å². The van der Waals surface area contributed by atoms with Crippen LogP contribution in [0.5, 0.6) is 0 Å². The van der Waals surface area contributed by atoms with E-state index in [1.807, 2.05) is 25.1 Å². The Morgan fingerprint density at radius 2 is 1.34 bits per heavy atom. The molecule has 0 aliphatic carbocycles. The minimum atomic E-state index is -1.02. The maximum Gasteiger partial charge on any atom is 0.306 e. The Morgan fingerprint density at radius 3 is 1.80 bits per heavy atom. The number of carbonyl (C=O) groups is 2. The molecule has 1 unspecified atom stereocenters. The van der Waals surface area contributed by atoms with Gasteiger partial charge in [0.2, 0.25) is 0 Å². The van der Waals surface area contributed by atoms with Gasteiger partial charge in [-0.2, -0.15) is 0 Å². The number of aliphatic carboxylic acids is 1. The molecule has 1 aliphatic heterocycles. The predicted octanol–water partition coefficient (Wildman–Crippen LogP) is 4.48. The van der Waals surface area contributed by atoms with E-state index in [1.165, 1.54) is 0 Å². The SMILES string of the molecule is CC1CN(C(c2ccccc2)(c2ccccc2)c2ccccc2)C[C@@H](COC(=O)CCC(=O)O)O1. The molecule has 0 amide bonds. The monoisotopic (exact) mass is 473 g/mol. The third-order valence-corrected chi connectivity index (χ3v) is 6.35. The van der Waals surface area contributed by atoms with Crippen LogP contribution < -0.4 is 0 Å². The van der Waals surface area contributed by atoms with E-state index in [1.54, 1.807) is 0 Å². The molecule has 0 saturated carbocycles. The smallest absolute Gasteiger partial charge is 0.306 e. The van der Waals surface area contributed by atoms with Gasteiger partial charge in [0, 0.05) is 13.1 Å². The third-order valence-electron chi connectivity index (χ3n) is 6.35. The number of carbonyl (C=O) groups excluding carboxylic acids is 1. The fourth-order valence-corrected chi connectivity index (χ4v) is 4.96. The fraction of sp³-hybridized carbons (Fsp3) is 0.310. The van der Waals surface area contributed by atoms with Crippen molar-refractivity contribution >= 4 is 11.9 Å². The second-order valence-electron chi connectivity index (χ2n) is 8.86. The molecule has 6 nitrogen and oxygen atoms in total. The predicted molar refractivity (Wildman–Crippen MR) is 133 cm³/mol. The number of ether oxygens (including phenoxy) is 2. The average Bonchev–Trinajstić information content (AvgIpc) is 2.88. The molecule has 4 rings (SSSR count). The highest BCUT2D eigenvalue weighted by Gasteiger charge is 2.45. The molecule has 0 radical (unpaired) electrons. The van der Waals surface area contributed by atoms with Gasteiger partial charge in [-0.15, -0.1) is 0 Å². The van der Waals surface area contributed by atoms with Gasteiger partial charge in [-0.05, 0) is 23.6 Å². The minimum Gasteiger partial charge on any atom is -0.481 e. The number of carboxylic acids is 1. The van der Waals surface area contributed by atoms with Gasteiger partial charge in [0.05, 0.1) is 24.5 Å². The highest BCUT2D eigenvalue weighted by molar-refractivity contribution is 5.76. The molecule has 6 heteroatoms. The van der Waals surface area contributed by atoms with E-state index < -0.39 is 17.5 Å². The molecule has 0 spiro atoms. The van der Waals surface area contributed by atoms with Crippen molar-refractivity contribution in [2.45, 2.75) is 37.5 Å². The number of esters is 1. The summed E-state index contributed by atoms with van der Waals surface area (Å²) >= 11 is 0. The fourth-order valence-electron chi connectivity index (χ4n) is 4.96. The number of benzene rings is 3. The Labute approximate surface area is 206 Å². The molecule has 1 fully saturated rings. The molecular weight excluding hydrogens is 442 g/mol. The van der Waals surface area contributed by atoms with Gasteiger partial charge in [-0.25, -0.2) is 0 Å². The summed E-state index contributed by atoms with van der Waals surface area (Å²) in [5.74, 6) is -1.55. The van der Waals surface area contributed by atoms with Crippen LogP contribution in [0, 0.1) is 0 Å². The van der Waals surface area contributed by atoms with Gasteiger partial charge in [0.1, 0.15) is 12.7 Å². The van der Waals surface area contributed by atoms with Crippen molar-refractivity contribution < 1.29 is 24.2 Å². The largest absolute Gasteiger partial charge is 0.481 e. The second kappa shape index (κ2) is 11.3. The van der Waals surface area contributed by atoms with Crippen molar-refractivity contribution in [2.75, 3.05) is 19.7 Å². The molecule has 1 N–H and O–H groups in total. The van der Waals surface area contributed by atoms with Crippen molar-refractivity contribution in [1.82, 2.24) is 4.90 Å². The number of morpholine rings is 1. The first-order chi connectivity index (χ1) is 17.0. The Morgan fingerprint density at radius 1 is 0.857 bits per heavy atom. The van der Waals surface area contributed by atoms with Crippen LogP contribution in [0.1, 0.15) is 36.5 Å². The Kier molecular flexibility index (Phi) is 7.95. The summed E-state index contributed by atoms with van der Waals surface area (Å²) in [7, 11) is 0. The molecule has 2 atom stereocenters. The van der Waals surface area contributed by atoms with Gasteiger partial charge in [-0.3, -0.25) is 14.5 Å². The Hall–Kier alpha value is -3.48. The minimum absolute atomic E-state index is 0.0771. The molecule has 1 aliphatic rings. The van der Waals surface area contributed by atoms with Crippen molar-refractivity contribution in [2.24, 2.45) is 0 Å². The zero-order valence-corrected chi connectivity index (χ0v) is 19.9. The standard InChI is InChI=1S/C29H31NO5/c1-22-19-30(20-26(35-22)21-34-28(33)18-17-27(31)32)29(23-11-5-2-6-12-23,24-13-7-3-8-14-24)25-15-9-4-10-16-25/h2-16,22,26H,17-21H2,1H3,(H,31,32)/t22?,26-/m0/s1. The van der Waals surface area contributed by atoms with Crippen LogP contribution in [0.15, 0.2) is 91.0 Å². The molecular formula is C29H31NO5. The number of nitrogens with zero attached hydrogens (tertiary/aromatic N) is 1. The highest BCUT2D eigenvalue weighted by atomic mass is 16.6. The van der Waals surface area contributed by atoms with Crippen LogP contribution in [-0.2, 0) is 24.6 Å². The van der Waals surface area contributed by atoms with Crippen LogP contribution in [0.25, 0.3) is 0 Å². The first-order valence-corrected chi connectivity index (χ1v) is 11.9. The van der Waals surface area contributed by atoms with Crippen molar-refractivity contribution in [1.29, 1.82) is 0 Å². The summed E-state index contributed by atoms with van der Waals surface area (Å²) in [5.41, 5.74) is 2.85. The van der Waals surface area contributed by atoms with Gasteiger partial charge in [-0.1, -0.05) is 91.0 Å². The lowest BCUT2D eigenvalue weighted by Crippen LogP contribution is -2.58. The van der Waals surface area contributed by atoms with E-state index in [0.29, 0.717) is 13.1 Å². The molecule has 0 bridgehead atoms. The van der Waals surface area contributed by atoms with E-state index >= 15 is 0 Å². The average molecular weight is 474 g/mol. The lowest BCUT2D eigenvalue weighted by Gasteiger charge is -2.50. The molecule has 182 valence electrons. The second-order valence-corrected chi connectivity index (χ2v) is 8.86. The van der Waals surface area contributed by atoms with Crippen molar-refractivity contribution in [3.63, 3.8) is 0 Å². The summed E-state index contributed by atoms with van der Waals surface area (Å²) in [6.07, 6.45) is -0.833. The van der Waals surface area contributed by atoms with Gasteiger partial charge in [0.15, 0.2) is 0 Å². The van der Waals surface area contributed by atoms with E-state index in [4.69, 9.17) is 14.6 Å². The summed E-state index contributed by atoms with van der Waals surface area (Å²) < 4.78 is 11.6. The van der Waals surface area contributed by atoms with Crippen LogP contribution in [0.3, 0.4) is 0 Å². The van der Waals surface area contributed by atoms with Crippen LogP contribution in [-0.4, -0.2) is 53.8 Å². The maximum atomic E-state index is 12.1. The normalized spacial score (nSPS) is 18.7. The quantitative estimate of drug-likeness (QED) is 0.365. The Balaban J connectivity index is 1.72. The van der Waals surface area contributed by atoms with Crippen molar-refractivity contribution in [3.8, 4) is 0 Å². The number of hydrogen-bond donors (Lipinski definition) is 1. The summed E-state index contributed by atoms with van der Waals surface area (Å²) in [5, 5.41) is 8.82. The van der Waals surface area contributed by atoms with Crippen LogP contribution in [0.4, 0.5) is 0 Å². The zero-order chi connectivity index (χ0) is 24.7. The molecule has 1 saturated heterocycles. The lowest BCUT2D eigenvalue weighted by molar-refractivity contribution is -0.158. The van der Waals surface area contributed by atoms with E-state index in [9.17, 15) is 9.59 Å². The number of carboxylic acid groups (broad SMARTS) is 1. The lowest BCUT2D eigenvalue weighted by atomic mass is 9.75. The molecule has 1 heterocycles. The topological polar surface area (TPSA) is 76.1 Å². The molecule has 3 aromatic rings. The van der Waals surface area contributed by atoms with Crippen molar-refractivity contribution in [3.05, 3.63) is 108 Å². The molecule has 0 aromatic heterocycles. The van der Waals surface area contributed by atoms with Crippen LogP contribution in [0.2, 0.25) is 0 Å². The maximum absolute atomic E-state index is 12.1. The highest BCUT2D eigenvalue weighted by Crippen LogP contribution is 2.43. The molecule has 35 heavy (non-hydrogen) atoms. The molecule has 3 aromatic carbocycles. The number of hydrogen-bond acceptors (Lipinski definition) is 5. The van der Waals surface area contributed by atoms with Gasteiger partial charge >= 0.3 is 11.9 Å². The van der Waals surface area contributed by atoms with Gasteiger partial charge in [0.25, 0.3) is 0 Å². The number of rotatable bonds is 9. The summed E-state index contributed by atoms with van der Waals surface area (Å²) in [6.45, 7) is 3.32. The first kappa shape index (κ1) is 24.6. The van der Waals surface area contributed by atoms with Gasteiger partial charge < -0.3 is 14.6 Å². The van der Waals surface area contributed by atoms with E-state index in [-0.39, 0.29) is 31.7 Å². The van der Waals surface area contributed by atoms with E-state index in [0.717, 1.165) is 16.7 Å².